The predicted octanol–water partition coefficient (Wildman–Crippen LogP) is 2.94. The summed E-state index contributed by atoms with van der Waals surface area (Å²) in [4.78, 5) is 83.1. The molecule has 51 heavy (non-hydrogen) atoms. The summed E-state index contributed by atoms with van der Waals surface area (Å²) in [6.45, 7) is 4.40. The Morgan fingerprint density at radius 2 is 1.69 bits per heavy atom. The number of benzene rings is 2. The molecule has 0 unspecified atom stereocenters. The molecule has 0 spiro atoms. The molecule has 268 valence electrons. The normalized spacial score (nSPS) is 15.3. The van der Waals surface area contributed by atoms with Gasteiger partial charge in [-0.3, -0.25) is 33.2 Å². The van der Waals surface area contributed by atoms with E-state index in [1.165, 1.54) is 23.2 Å². The fourth-order valence-corrected chi connectivity index (χ4v) is 6.93. The van der Waals surface area contributed by atoms with Gasteiger partial charge in [-0.05, 0) is 48.9 Å². The number of hydrogen-bond acceptors (Lipinski definition) is 9. The van der Waals surface area contributed by atoms with Crippen molar-refractivity contribution in [1.82, 2.24) is 24.9 Å². The number of hydrogen-bond donors (Lipinski definition) is 5. The van der Waals surface area contributed by atoms with Gasteiger partial charge in [0.15, 0.2) is 10.8 Å². The van der Waals surface area contributed by atoms with Gasteiger partial charge >= 0.3 is 0 Å². The summed E-state index contributed by atoms with van der Waals surface area (Å²) in [6, 6.07) is 14.7. The van der Waals surface area contributed by atoms with E-state index in [1.54, 1.807) is 60.8 Å². The van der Waals surface area contributed by atoms with Crippen molar-refractivity contribution < 1.29 is 33.9 Å². The van der Waals surface area contributed by atoms with Crippen LogP contribution in [0.4, 0.5) is 11.5 Å². The van der Waals surface area contributed by atoms with Gasteiger partial charge < -0.3 is 31.3 Å². The molecule has 15 heteroatoms. The van der Waals surface area contributed by atoms with E-state index in [2.05, 4.69) is 26.3 Å². The van der Waals surface area contributed by atoms with Gasteiger partial charge in [0, 0.05) is 24.8 Å². The number of nitrogens with one attached hydrogen (secondary N) is 4. The lowest BCUT2D eigenvalue weighted by Crippen LogP contribution is -2.54. The minimum Gasteiger partial charge on any atom is -0.387 e. The smallest absolute Gasteiger partial charge is 0.247 e. The number of Topliss-reactive ketones (excluding diaryl/α,β-unsaturated/α-hetero) is 1. The quantitative estimate of drug-likeness (QED) is 0.132. The third-order valence-corrected chi connectivity index (χ3v) is 9.57. The molecule has 3 atom stereocenters. The Bertz CT molecular complexity index is 1870. The molecule has 5 N–H and O–H groups in total. The second-order valence-corrected chi connectivity index (χ2v) is 13.8. The topological polar surface area (TPSA) is 191 Å². The maximum absolute atomic E-state index is 13.3. The zero-order valence-electron chi connectivity index (χ0n) is 28.5. The molecule has 14 nitrogen and oxygen atoms in total. The van der Waals surface area contributed by atoms with Gasteiger partial charge in [0.2, 0.25) is 29.5 Å². The van der Waals surface area contributed by atoms with Gasteiger partial charge in [0.05, 0.1) is 23.5 Å². The minimum atomic E-state index is -0.845. The molecule has 1 fully saturated rings. The Balaban J connectivity index is 1.15. The lowest BCUT2D eigenvalue weighted by Gasteiger charge is -2.30. The van der Waals surface area contributed by atoms with E-state index in [0.29, 0.717) is 41.4 Å². The van der Waals surface area contributed by atoms with Crippen LogP contribution < -0.4 is 21.3 Å². The molecular formula is C36H41N7O7S. The molecule has 2 aromatic carbocycles. The van der Waals surface area contributed by atoms with Crippen molar-refractivity contribution in [3.8, 4) is 10.4 Å². The summed E-state index contributed by atoms with van der Waals surface area (Å²) >= 11 is 1.40. The van der Waals surface area contributed by atoms with Crippen molar-refractivity contribution in [2.24, 2.45) is 5.92 Å². The summed E-state index contributed by atoms with van der Waals surface area (Å²) in [7, 11) is 0. The van der Waals surface area contributed by atoms with Crippen LogP contribution in [0, 0.1) is 5.92 Å². The lowest BCUT2D eigenvalue weighted by atomic mass is 9.93. The number of rotatable bonds is 14. The zero-order valence-corrected chi connectivity index (χ0v) is 29.4. The van der Waals surface area contributed by atoms with Crippen LogP contribution in [0.2, 0.25) is 0 Å². The van der Waals surface area contributed by atoms with Crippen LogP contribution in [0.5, 0.6) is 0 Å². The minimum absolute atomic E-state index is 0.0327. The van der Waals surface area contributed by atoms with E-state index < -0.39 is 42.3 Å². The highest BCUT2D eigenvalue weighted by Gasteiger charge is 2.38. The molecule has 1 saturated heterocycles. The number of ketones is 1. The highest BCUT2D eigenvalue weighted by atomic mass is 32.1. The third kappa shape index (κ3) is 9.23. The van der Waals surface area contributed by atoms with Gasteiger partial charge in [-0.1, -0.05) is 67.6 Å². The van der Waals surface area contributed by atoms with Crippen molar-refractivity contribution in [3.63, 3.8) is 0 Å². The number of aliphatic hydroxyl groups excluding tert-OH is 1. The summed E-state index contributed by atoms with van der Waals surface area (Å²) in [5, 5.41) is 19.9. The highest BCUT2D eigenvalue weighted by molar-refractivity contribution is 7.20. The first-order valence-corrected chi connectivity index (χ1v) is 17.5. The van der Waals surface area contributed by atoms with Crippen LogP contribution in [-0.4, -0.2) is 86.5 Å². The summed E-state index contributed by atoms with van der Waals surface area (Å²) < 4.78 is 1.78. The van der Waals surface area contributed by atoms with Crippen LogP contribution in [0.1, 0.15) is 51.5 Å². The number of thiazole rings is 1. The zero-order chi connectivity index (χ0) is 36.7. The molecule has 0 bridgehead atoms. The number of carbonyl (C=O) groups excluding carboxylic acids is 6. The van der Waals surface area contributed by atoms with E-state index in [-0.39, 0.29) is 36.5 Å². The van der Waals surface area contributed by atoms with E-state index in [9.17, 15) is 28.8 Å². The Morgan fingerprint density at radius 1 is 0.961 bits per heavy atom. The molecule has 2 aromatic heterocycles. The number of aliphatic hydroxyl groups is 1. The number of likely N-dealkylation sites (tertiary alicyclic amines) is 1. The van der Waals surface area contributed by atoms with Crippen molar-refractivity contribution in [3.05, 3.63) is 72.6 Å². The van der Waals surface area contributed by atoms with Crippen LogP contribution in [0.15, 0.2) is 67.0 Å². The number of carbonyl (C=O) groups is 6. The van der Waals surface area contributed by atoms with Gasteiger partial charge in [-0.15, -0.1) is 0 Å². The number of anilines is 2. The summed E-state index contributed by atoms with van der Waals surface area (Å²) in [6.07, 6.45) is 4.72. The van der Waals surface area contributed by atoms with Crippen LogP contribution in [0.25, 0.3) is 15.4 Å². The first-order valence-electron chi connectivity index (χ1n) is 16.7. The molecule has 5 rings (SSSR count). The van der Waals surface area contributed by atoms with Gasteiger partial charge in [0.1, 0.15) is 24.5 Å². The standard InChI is InChI=1S/C36H41N7O7S/c1-21(2)32(41-31(47)20-44)35(50)43-15-7-10-27(43)34(49)38-25-13-11-24(12-14-25)28-18-42-19-29(40-36(42)51-28)39-30(46)17-37-33(48)26(16-22(3)45)23-8-5-4-6-9-23/h4-6,8-9,11-14,18-19,21,26-27,32,44H,7,10,15-17,20H2,1-3H3,(H,37,48)(H,38,49)(H,39,46)(H,41,47)/t26-,27+,32+/m1/s1. The molecule has 0 radical (unpaired) electrons. The number of nitrogens with zero attached hydrogens (tertiary/aromatic N) is 3. The van der Waals surface area contributed by atoms with Gasteiger partial charge in [-0.25, -0.2) is 4.98 Å². The van der Waals surface area contributed by atoms with E-state index in [0.717, 1.165) is 10.4 Å². The number of fused-ring (bicyclic) bond motifs is 1. The van der Waals surface area contributed by atoms with Crippen LogP contribution in [0.3, 0.4) is 0 Å². The number of amides is 5. The largest absolute Gasteiger partial charge is 0.387 e. The SMILES string of the molecule is CC(=O)C[C@@H](C(=O)NCC(=O)Nc1cn2cc(-c3ccc(NC(=O)[C@@H]4CCCN4C(=O)[C@@H](NC(=O)CO)C(C)C)cc3)sc2n1)c1ccccc1. The lowest BCUT2D eigenvalue weighted by molar-refractivity contribution is -0.141. The fraction of sp³-hybridized carbons (Fsp3) is 0.361. The maximum Gasteiger partial charge on any atom is 0.247 e. The number of imidazole rings is 1. The van der Waals surface area contributed by atoms with E-state index in [1.807, 2.05) is 24.4 Å². The van der Waals surface area contributed by atoms with Gasteiger partial charge in [-0.2, -0.15) is 0 Å². The molecule has 0 saturated carbocycles. The highest BCUT2D eigenvalue weighted by Crippen LogP contribution is 2.31. The fourth-order valence-electron chi connectivity index (χ4n) is 5.96. The summed E-state index contributed by atoms with van der Waals surface area (Å²) in [5.74, 6) is -2.91. The molecular weight excluding hydrogens is 675 g/mol. The van der Waals surface area contributed by atoms with Crippen molar-refractivity contribution in [2.45, 2.75) is 58.0 Å². The second kappa shape index (κ2) is 16.5. The van der Waals surface area contributed by atoms with Crippen LogP contribution in [-0.2, 0) is 28.8 Å². The van der Waals surface area contributed by atoms with Crippen molar-refractivity contribution in [2.75, 3.05) is 30.3 Å². The number of aromatic nitrogens is 2. The average molecular weight is 716 g/mol. The van der Waals surface area contributed by atoms with E-state index in [4.69, 9.17) is 5.11 Å². The Kier molecular flexibility index (Phi) is 11.9. The third-order valence-electron chi connectivity index (χ3n) is 8.52. The maximum atomic E-state index is 13.3. The molecule has 3 heterocycles. The van der Waals surface area contributed by atoms with Crippen molar-refractivity contribution >= 4 is 63.1 Å². The Labute approximate surface area is 298 Å². The van der Waals surface area contributed by atoms with Crippen LogP contribution >= 0.6 is 11.3 Å². The second-order valence-electron chi connectivity index (χ2n) is 12.8. The van der Waals surface area contributed by atoms with Gasteiger partial charge in [0.25, 0.3) is 0 Å². The predicted molar refractivity (Wildman–Crippen MR) is 192 cm³/mol. The van der Waals surface area contributed by atoms with E-state index >= 15 is 0 Å². The Morgan fingerprint density at radius 3 is 2.33 bits per heavy atom. The van der Waals surface area contributed by atoms with Crippen molar-refractivity contribution in [1.29, 1.82) is 0 Å². The Hall–Kier alpha value is -5.41. The monoisotopic (exact) mass is 715 g/mol. The molecule has 0 aliphatic carbocycles. The molecule has 1 aliphatic heterocycles. The molecule has 4 aromatic rings. The first-order chi connectivity index (χ1) is 24.4. The molecule has 5 amide bonds. The molecule has 1 aliphatic rings. The summed E-state index contributed by atoms with van der Waals surface area (Å²) in [5.41, 5.74) is 2.14. The first kappa shape index (κ1) is 36.9. The average Bonchev–Trinajstić information content (AvgIpc) is 3.85.